The first-order valence-electron chi connectivity index (χ1n) is 3.78. The number of hydrogen-bond donors (Lipinski definition) is 1. The largest absolute Gasteiger partial charge is 0.326 e. The average molecular weight is 265 g/mol. The molecule has 1 aromatic rings. The molecule has 0 aromatic heterocycles. The van der Waals surface area contributed by atoms with Crippen LogP contribution in [0.5, 0.6) is 0 Å². The van der Waals surface area contributed by atoms with Gasteiger partial charge in [0.15, 0.2) is 0 Å². The molecule has 0 amide bonds. The zero-order chi connectivity index (χ0) is 11.6. The predicted molar refractivity (Wildman–Crippen MR) is 57.1 cm³/mol. The Morgan fingerprint density at radius 2 is 2.07 bits per heavy atom. The molecule has 1 rings (SSSR count). The van der Waals surface area contributed by atoms with Crippen LogP contribution in [0, 0.1) is 11.3 Å². The van der Waals surface area contributed by atoms with Gasteiger partial charge in [-0.15, -0.1) is 0 Å². The maximum atomic E-state index is 11.2. The zero-order valence-electron chi connectivity index (χ0n) is 7.37. The quantitative estimate of drug-likeness (QED) is 0.823. The van der Waals surface area contributed by atoms with Gasteiger partial charge in [-0.2, -0.15) is 5.26 Å². The molecule has 15 heavy (non-hydrogen) atoms. The van der Waals surface area contributed by atoms with E-state index in [1.54, 1.807) is 6.07 Å². The molecule has 0 aliphatic heterocycles. The van der Waals surface area contributed by atoms with E-state index in [0.29, 0.717) is 5.56 Å². The monoisotopic (exact) mass is 264 g/mol. The van der Waals surface area contributed by atoms with Crippen molar-refractivity contribution in [2.45, 2.75) is 11.4 Å². The van der Waals surface area contributed by atoms with E-state index in [9.17, 15) is 8.42 Å². The van der Waals surface area contributed by atoms with Crippen LogP contribution in [0.1, 0.15) is 11.1 Å². The van der Waals surface area contributed by atoms with Gasteiger partial charge in [0.25, 0.3) is 9.05 Å². The normalized spacial score (nSPS) is 11.1. The molecule has 4 nitrogen and oxygen atoms in total. The lowest BCUT2D eigenvalue weighted by atomic mass is 10.1. The van der Waals surface area contributed by atoms with Gasteiger partial charge in [0.1, 0.15) is 11.0 Å². The van der Waals surface area contributed by atoms with Crippen molar-refractivity contribution in [3.63, 3.8) is 0 Å². The summed E-state index contributed by atoms with van der Waals surface area (Å²) in [5.74, 6) is 0. The first-order chi connectivity index (χ1) is 6.91. The highest BCUT2D eigenvalue weighted by molar-refractivity contribution is 8.13. The molecule has 0 fully saturated rings. The molecule has 7 heteroatoms. The van der Waals surface area contributed by atoms with E-state index in [1.807, 2.05) is 0 Å². The van der Waals surface area contributed by atoms with E-state index in [4.69, 9.17) is 33.3 Å². The van der Waals surface area contributed by atoms with Crippen molar-refractivity contribution in [3.05, 3.63) is 28.3 Å². The number of rotatable bonds is 2. The van der Waals surface area contributed by atoms with Crippen molar-refractivity contribution in [2.24, 2.45) is 5.73 Å². The van der Waals surface area contributed by atoms with Gasteiger partial charge >= 0.3 is 0 Å². The topological polar surface area (TPSA) is 83.9 Å². The molecule has 0 unspecified atom stereocenters. The van der Waals surface area contributed by atoms with Crippen LogP contribution in [0.4, 0.5) is 0 Å². The van der Waals surface area contributed by atoms with E-state index in [1.165, 1.54) is 12.1 Å². The molecule has 0 spiro atoms. The Morgan fingerprint density at radius 3 is 2.47 bits per heavy atom. The number of nitriles is 1. The van der Waals surface area contributed by atoms with Gasteiger partial charge in [0.2, 0.25) is 0 Å². The third-order valence-corrected chi connectivity index (χ3v) is 3.57. The molecule has 0 saturated heterocycles. The highest BCUT2D eigenvalue weighted by Crippen LogP contribution is 2.30. The number of nitrogens with two attached hydrogens (primary N) is 1. The maximum absolute atomic E-state index is 11.2. The van der Waals surface area contributed by atoms with Crippen LogP contribution < -0.4 is 5.73 Å². The van der Waals surface area contributed by atoms with Crippen molar-refractivity contribution >= 4 is 31.3 Å². The minimum atomic E-state index is -4.05. The molecule has 0 bridgehead atoms. The SMILES string of the molecule is N#Cc1c(CN)ccc(Cl)c1S(=O)(=O)Cl. The molecule has 80 valence electrons. The highest BCUT2D eigenvalue weighted by Gasteiger charge is 2.22. The molecular formula is C8H6Cl2N2O2S. The lowest BCUT2D eigenvalue weighted by Crippen LogP contribution is -2.05. The van der Waals surface area contributed by atoms with Crippen LogP contribution in [-0.2, 0) is 15.6 Å². The van der Waals surface area contributed by atoms with Gasteiger partial charge in [-0.1, -0.05) is 17.7 Å². The van der Waals surface area contributed by atoms with Crippen LogP contribution in [0.2, 0.25) is 5.02 Å². The fourth-order valence-corrected chi connectivity index (χ4v) is 2.91. The van der Waals surface area contributed by atoms with Crippen LogP contribution in [-0.4, -0.2) is 8.42 Å². The molecule has 1 aromatic carbocycles. The molecule has 0 aliphatic rings. The van der Waals surface area contributed by atoms with E-state index < -0.39 is 9.05 Å². The molecular weight excluding hydrogens is 259 g/mol. The summed E-state index contributed by atoms with van der Waals surface area (Å²) in [6, 6.07) is 4.57. The number of hydrogen-bond acceptors (Lipinski definition) is 4. The van der Waals surface area contributed by atoms with Crippen LogP contribution in [0.3, 0.4) is 0 Å². The van der Waals surface area contributed by atoms with Crippen molar-refractivity contribution in [3.8, 4) is 6.07 Å². The third-order valence-electron chi connectivity index (χ3n) is 1.77. The minimum absolute atomic E-state index is 0.0411. The summed E-state index contributed by atoms with van der Waals surface area (Å²) in [5, 5.41) is 8.75. The zero-order valence-corrected chi connectivity index (χ0v) is 9.70. The number of benzene rings is 1. The molecule has 2 N–H and O–H groups in total. The van der Waals surface area contributed by atoms with Crippen LogP contribution >= 0.6 is 22.3 Å². The fraction of sp³-hybridized carbons (Fsp3) is 0.125. The van der Waals surface area contributed by atoms with Crippen LogP contribution in [0.25, 0.3) is 0 Å². The standard InChI is InChI=1S/C8H6Cl2N2O2S/c9-7-2-1-5(3-11)6(4-12)8(7)15(10,13)14/h1-2H,3,11H2. The Morgan fingerprint density at radius 1 is 1.47 bits per heavy atom. The van der Waals surface area contributed by atoms with E-state index >= 15 is 0 Å². The summed E-state index contributed by atoms with van der Waals surface area (Å²) in [5.41, 5.74) is 5.65. The molecule has 0 radical (unpaired) electrons. The number of nitrogens with zero attached hydrogens (tertiary/aromatic N) is 1. The van der Waals surface area contributed by atoms with Gasteiger partial charge in [-0.05, 0) is 11.6 Å². The fourth-order valence-electron chi connectivity index (χ4n) is 1.13. The molecule has 0 aliphatic carbocycles. The minimum Gasteiger partial charge on any atom is -0.326 e. The van der Waals surface area contributed by atoms with Crippen molar-refractivity contribution in [1.29, 1.82) is 5.26 Å². The van der Waals surface area contributed by atoms with Crippen molar-refractivity contribution in [2.75, 3.05) is 0 Å². The average Bonchev–Trinajstić information content (AvgIpc) is 2.15. The Kier molecular flexibility index (Phi) is 3.58. The van der Waals surface area contributed by atoms with E-state index in [-0.39, 0.29) is 22.0 Å². The summed E-state index contributed by atoms with van der Waals surface area (Å²) in [6.45, 7) is 0.0411. The second-order valence-electron chi connectivity index (χ2n) is 2.66. The first kappa shape index (κ1) is 12.3. The van der Waals surface area contributed by atoms with Crippen molar-refractivity contribution < 1.29 is 8.42 Å². The second kappa shape index (κ2) is 4.37. The van der Waals surface area contributed by atoms with Crippen LogP contribution in [0.15, 0.2) is 17.0 Å². The maximum Gasteiger partial charge on any atom is 0.264 e. The van der Waals surface area contributed by atoms with Gasteiger partial charge in [0.05, 0.1) is 10.6 Å². The van der Waals surface area contributed by atoms with Crippen molar-refractivity contribution in [1.82, 2.24) is 0 Å². The van der Waals surface area contributed by atoms with Gasteiger partial charge < -0.3 is 5.73 Å². The van der Waals surface area contributed by atoms with Gasteiger partial charge in [0, 0.05) is 17.2 Å². The smallest absolute Gasteiger partial charge is 0.264 e. The Balaban J connectivity index is 3.71. The Hall–Kier alpha value is -0.800. The second-order valence-corrected chi connectivity index (χ2v) is 5.57. The van der Waals surface area contributed by atoms with E-state index in [2.05, 4.69) is 0 Å². The van der Waals surface area contributed by atoms with Gasteiger partial charge in [-0.3, -0.25) is 0 Å². The first-order valence-corrected chi connectivity index (χ1v) is 6.46. The lowest BCUT2D eigenvalue weighted by Gasteiger charge is -2.06. The summed E-state index contributed by atoms with van der Waals surface area (Å²) in [6.07, 6.45) is 0. The summed E-state index contributed by atoms with van der Waals surface area (Å²) < 4.78 is 22.4. The summed E-state index contributed by atoms with van der Waals surface area (Å²) in [7, 11) is 1.13. The molecule has 0 atom stereocenters. The molecule has 0 saturated carbocycles. The van der Waals surface area contributed by atoms with Gasteiger partial charge in [-0.25, -0.2) is 8.42 Å². The van der Waals surface area contributed by atoms with E-state index in [0.717, 1.165) is 0 Å². The third kappa shape index (κ3) is 2.41. The predicted octanol–water partition coefficient (Wildman–Crippen LogP) is 1.60. The molecule has 0 heterocycles. The number of halogens is 2. The highest BCUT2D eigenvalue weighted by atomic mass is 35.7. The Bertz CT molecular complexity index is 534. The summed E-state index contributed by atoms with van der Waals surface area (Å²) in [4.78, 5) is -0.378. The lowest BCUT2D eigenvalue weighted by molar-refractivity contribution is 0.609. The Labute approximate surface area is 96.6 Å². The summed E-state index contributed by atoms with van der Waals surface area (Å²) >= 11 is 5.67.